The number of nitrogens with zero attached hydrogens (tertiary/aromatic N) is 1. The summed E-state index contributed by atoms with van der Waals surface area (Å²) in [6.45, 7) is 1.48. The molecule has 1 saturated carbocycles. The molecule has 1 aromatic carbocycles. The van der Waals surface area contributed by atoms with Gasteiger partial charge in [-0.15, -0.1) is 0 Å². The molecule has 1 aromatic rings. The Balaban J connectivity index is 1.63. The number of rotatable bonds is 3. The Hall–Kier alpha value is -1.84. The van der Waals surface area contributed by atoms with E-state index in [4.69, 9.17) is 5.11 Å². The fourth-order valence-electron chi connectivity index (χ4n) is 3.28. The van der Waals surface area contributed by atoms with Crippen LogP contribution in [0.2, 0.25) is 0 Å². The monoisotopic (exact) mass is 273 g/mol. The SMILES string of the molecule is O=C(O)C1CCC1C(=O)N1CCC(c2ccccc2)C1. The third-order valence-corrected chi connectivity index (χ3v) is 4.68. The average Bonchev–Trinajstić information content (AvgIpc) is 2.87. The highest BCUT2D eigenvalue weighted by molar-refractivity contribution is 5.86. The third-order valence-electron chi connectivity index (χ3n) is 4.68. The van der Waals surface area contributed by atoms with E-state index < -0.39 is 11.9 Å². The van der Waals surface area contributed by atoms with Crippen LogP contribution in [0.15, 0.2) is 30.3 Å². The van der Waals surface area contributed by atoms with Crippen molar-refractivity contribution in [1.29, 1.82) is 0 Å². The standard InChI is InChI=1S/C16H19NO3/c18-15(13-6-7-14(13)16(19)20)17-9-8-12(10-17)11-4-2-1-3-5-11/h1-5,12-14H,6-10H2,(H,19,20). The molecule has 3 atom stereocenters. The van der Waals surface area contributed by atoms with E-state index >= 15 is 0 Å². The second-order valence-electron chi connectivity index (χ2n) is 5.81. The Kier molecular flexibility index (Phi) is 3.47. The first-order valence-corrected chi connectivity index (χ1v) is 7.23. The van der Waals surface area contributed by atoms with Crippen LogP contribution in [0.4, 0.5) is 0 Å². The van der Waals surface area contributed by atoms with Crippen molar-refractivity contribution in [3.63, 3.8) is 0 Å². The highest BCUT2D eigenvalue weighted by atomic mass is 16.4. The number of aliphatic carboxylic acids is 1. The first-order valence-electron chi connectivity index (χ1n) is 7.23. The Morgan fingerprint density at radius 3 is 2.35 bits per heavy atom. The summed E-state index contributed by atoms with van der Waals surface area (Å²) in [5, 5.41) is 9.05. The van der Waals surface area contributed by atoms with Crippen LogP contribution in [-0.4, -0.2) is 35.0 Å². The third kappa shape index (κ3) is 2.30. The zero-order valence-corrected chi connectivity index (χ0v) is 11.4. The average molecular weight is 273 g/mol. The Labute approximate surface area is 118 Å². The van der Waals surface area contributed by atoms with Gasteiger partial charge < -0.3 is 10.0 Å². The van der Waals surface area contributed by atoms with Gasteiger partial charge in [0, 0.05) is 19.0 Å². The maximum absolute atomic E-state index is 12.4. The zero-order valence-electron chi connectivity index (χ0n) is 11.4. The van der Waals surface area contributed by atoms with E-state index in [1.807, 2.05) is 23.1 Å². The normalized spacial score (nSPS) is 29.0. The minimum absolute atomic E-state index is 0.0436. The lowest BCUT2D eigenvalue weighted by molar-refractivity contribution is -0.156. The van der Waals surface area contributed by atoms with Crippen molar-refractivity contribution in [1.82, 2.24) is 4.90 Å². The molecule has 1 aliphatic heterocycles. The van der Waals surface area contributed by atoms with Crippen LogP contribution in [0.5, 0.6) is 0 Å². The molecule has 3 rings (SSSR count). The topological polar surface area (TPSA) is 57.6 Å². The molecule has 2 aliphatic rings. The number of carboxylic acid groups (broad SMARTS) is 1. The Bertz CT molecular complexity index is 514. The van der Waals surface area contributed by atoms with Gasteiger partial charge in [0.15, 0.2) is 0 Å². The molecule has 0 bridgehead atoms. The van der Waals surface area contributed by atoms with Gasteiger partial charge in [0.25, 0.3) is 0 Å². The van der Waals surface area contributed by atoms with Gasteiger partial charge in [-0.05, 0) is 24.8 Å². The van der Waals surface area contributed by atoms with Gasteiger partial charge in [-0.3, -0.25) is 9.59 Å². The summed E-state index contributed by atoms with van der Waals surface area (Å²) in [5.74, 6) is -1.14. The van der Waals surface area contributed by atoms with Gasteiger partial charge >= 0.3 is 5.97 Å². The Morgan fingerprint density at radius 1 is 1.05 bits per heavy atom. The molecule has 4 heteroatoms. The first kappa shape index (κ1) is 13.2. The van der Waals surface area contributed by atoms with Crippen molar-refractivity contribution in [3.05, 3.63) is 35.9 Å². The van der Waals surface area contributed by atoms with Crippen molar-refractivity contribution in [2.24, 2.45) is 11.8 Å². The largest absolute Gasteiger partial charge is 0.481 e. The summed E-state index contributed by atoms with van der Waals surface area (Å²) in [6, 6.07) is 10.2. The fraction of sp³-hybridized carbons (Fsp3) is 0.500. The summed E-state index contributed by atoms with van der Waals surface area (Å²) < 4.78 is 0. The van der Waals surface area contributed by atoms with Crippen LogP contribution < -0.4 is 0 Å². The second-order valence-corrected chi connectivity index (χ2v) is 5.81. The van der Waals surface area contributed by atoms with E-state index in [2.05, 4.69) is 12.1 Å². The van der Waals surface area contributed by atoms with E-state index in [0.29, 0.717) is 12.3 Å². The van der Waals surface area contributed by atoms with Crippen LogP contribution in [0.3, 0.4) is 0 Å². The molecule has 1 saturated heterocycles. The molecule has 0 aromatic heterocycles. The predicted molar refractivity (Wildman–Crippen MR) is 74.2 cm³/mol. The molecular formula is C16H19NO3. The highest BCUT2D eigenvalue weighted by Crippen LogP contribution is 2.38. The minimum Gasteiger partial charge on any atom is -0.481 e. The molecule has 106 valence electrons. The molecule has 0 radical (unpaired) electrons. The second kappa shape index (κ2) is 5.27. The quantitative estimate of drug-likeness (QED) is 0.917. The maximum atomic E-state index is 12.4. The summed E-state index contributed by atoms with van der Waals surface area (Å²) in [6.07, 6.45) is 2.34. The molecule has 1 heterocycles. The predicted octanol–water partition coefficient (Wildman–Crippen LogP) is 2.11. The summed E-state index contributed by atoms with van der Waals surface area (Å²) >= 11 is 0. The minimum atomic E-state index is -0.826. The number of hydrogen-bond donors (Lipinski definition) is 1. The van der Waals surface area contributed by atoms with Gasteiger partial charge in [-0.2, -0.15) is 0 Å². The first-order chi connectivity index (χ1) is 9.66. The fourth-order valence-corrected chi connectivity index (χ4v) is 3.28. The van der Waals surface area contributed by atoms with Crippen molar-refractivity contribution in [3.8, 4) is 0 Å². The molecule has 1 N–H and O–H groups in total. The smallest absolute Gasteiger partial charge is 0.307 e. The lowest BCUT2D eigenvalue weighted by atomic mass is 9.73. The molecule has 2 fully saturated rings. The van der Waals surface area contributed by atoms with Crippen molar-refractivity contribution in [2.75, 3.05) is 13.1 Å². The van der Waals surface area contributed by atoms with E-state index in [1.54, 1.807) is 0 Å². The van der Waals surface area contributed by atoms with Gasteiger partial charge in [-0.25, -0.2) is 0 Å². The molecule has 4 nitrogen and oxygen atoms in total. The lowest BCUT2D eigenvalue weighted by Gasteiger charge is -2.35. The van der Waals surface area contributed by atoms with Gasteiger partial charge in [0.1, 0.15) is 0 Å². The van der Waals surface area contributed by atoms with Crippen LogP contribution in [0, 0.1) is 11.8 Å². The van der Waals surface area contributed by atoms with Crippen molar-refractivity contribution >= 4 is 11.9 Å². The van der Waals surface area contributed by atoms with E-state index in [1.165, 1.54) is 5.56 Å². The molecular weight excluding hydrogens is 254 g/mol. The summed E-state index contributed by atoms with van der Waals surface area (Å²) in [5.41, 5.74) is 1.27. The number of benzene rings is 1. The number of carboxylic acids is 1. The number of carbonyl (C=O) groups excluding carboxylic acids is 1. The van der Waals surface area contributed by atoms with Crippen LogP contribution in [0.1, 0.15) is 30.7 Å². The maximum Gasteiger partial charge on any atom is 0.307 e. The number of carbonyl (C=O) groups is 2. The van der Waals surface area contributed by atoms with E-state index in [9.17, 15) is 9.59 Å². The van der Waals surface area contributed by atoms with Crippen LogP contribution >= 0.6 is 0 Å². The summed E-state index contributed by atoms with van der Waals surface area (Å²) in [7, 11) is 0. The van der Waals surface area contributed by atoms with E-state index in [-0.39, 0.29) is 11.8 Å². The Morgan fingerprint density at radius 2 is 1.75 bits per heavy atom. The van der Waals surface area contributed by atoms with E-state index in [0.717, 1.165) is 25.9 Å². The highest BCUT2D eigenvalue weighted by Gasteiger charge is 2.44. The number of likely N-dealkylation sites (tertiary alicyclic amines) is 1. The lowest BCUT2D eigenvalue weighted by Crippen LogP contribution is -2.45. The molecule has 1 aliphatic carbocycles. The number of amides is 1. The van der Waals surface area contributed by atoms with Crippen molar-refractivity contribution in [2.45, 2.75) is 25.2 Å². The molecule has 1 amide bonds. The van der Waals surface area contributed by atoms with Gasteiger partial charge in [-0.1, -0.05) is 30.3 Å². The summed E-state index contributed by atoms with van der Waals surface area (Å²) in [4.78, 5) is 25.3. The molecule has 0 spiro atoms. The zero-order chi connectivity index (χ0) is 14.1. The molecule has 3 unspecified atom stereocenters. The molecule has 20 heavy (non-hydrogen) atoms. The van der Waals surface area contributed by atoms with Crippen LogP contribution in [-0.2, 0) is 9.59 Å². The van der Waals surface area contributed by atoms with Gasteiger partial charge in [0.05, 0.1) is 11.8 Å². The van der Waals surface area contributed by atoms with Crippen molar-refractivity contribution < 1.29 is 14.7 Å². The van der Waals surface area contributed by atoms with Crippen LogP contribution in [0.25, 0.3) is 0 Å². The number of hydrogen-bond acceptors (Lipinski definition) is 2. The van der Waals surface area contributed by atoms with Gasteiger partial charge in [0.2, 0.25) is 5.91 Å².